The fraction of sp³-hybridized carbons (Fsp3) is 0.500. The summed E-state index contributed by atoms with van der Waals surface area (Å²) in [6.07, 6.45) is 0. The normalized spacial score (nSPS) is 10.3. The van der Waals surface area contributed by atoms with Gasteiger partial charge in [-0.3, -0.25) is 0 Å². The highest BCUT2D eigenvalue weighted by Crippen LogP contribution is 2.14. The van der Waals surface area contributed by atoms with E-state index in [4.69, 9.17) is 22.1 Å². The van der Waals surface area contributed by atoms with Crippen LogP contribution in [-0.2, 0) is 4.74 Å². The maximum Gasteiger partial charge on any atom is 0.228 e. The Hall–Kier alpha value is -0.590. The maximum absolute atomic E-state index is 5.58. The van der Waals surface area contributed by atoms with Crippen molar-refractivity contribution in [1.82, 2.24) is 15.0 Å². The Kier molecular flexibility index (Phi) is 4.20. The molecule has 0 bridgehead atoms. The molecule has 0 fully saturated rings. The van der Waals surface area contributed by atoms with Crippen LogP contribution in [0.15, 0.2) is 5.16 Å². The zero-order chi connectivity index (χ0) is 9.68. The smallest absolute Gasteiger partial charge is 0.228 e. The average Bonchev–Trinajstić information content (AvgIpc) is 2.03. The Morgan fingerprint density at radius 2 is 2.23 bits per heavy atom. The van der Waals surface area contributed by atoms with Crippen LogP contribution in [0.3, 0.4) is 0 Å². The summed E-state index contributed by atoms with van der Waals surface area (Å²) in [5.74, 6) is 0.899. The van der Waals surface area contributed by atoms with Crippen LogP contribution < -0.4 is 5.73 Å². The van der Waals surface area contributed by atoms with E-state index >= 15 is 0 Å². The highest BCUT2D eigenvalue weighted by molar-refractivity contribution is 7.99. The summed E-state index contributed by atoms with van der Waals surface area (Å²) in [4.78, 5) is 11.4. The Bertz CT molecular complexity index is 265. The highest BCUT2D eigenvalue weighted by Gasteiger charge is 2.02. The average molecular weight is 221 g/mol. The van der Waals surface area contributed by atoms with Crippen molar-refractivity contribution >= 4 is 29.3 Å². The Morgan fingerprint density at radius 1 is 1.46 bits per heavy atom. The van der Waals surface area contributed by atoms with Crippen molar-refractivity contribution in [2.24, 2.45) is 0 Å². The van der Waals surface area contributed by atoms with Gasteiger partial charge in [-0.2, -0.15) is 15.0 Å². The van der Waals surface area contributed by atoms with Gasteiger partial charge in [0, 0.05) is 12.9 Å². The van der Waals surface area contributed by atoms with Gasteiger partial charge in [-0.05, 0) is 11.6 Å². The molecule has 1 aromatic heterocycles. The number of thioether (sulfide) groups is 1. The molecule has 72 valence electrons. The first-order valence-corrected chi connectivity index (χ1v) is 4.87. The number of nitrogens with two attached hydrogens (primary N) is 1. The second-order valence-electron chi connectivity index (χ2n) is 2.09. The summed E-state index contributed by atoms with van der Waals surface area (Å²) < 4.78 is 4.87. The zero-order valence-corrected chi connectivity index (χ0v) is 8.60. The van der Waals surface area contributed by atoms with Crippen molar-refractivity contribution in [2.75, 3.05) is 25.2 Å². The van der Waals surface area contributed by atoms with Crippen molar-refractivity contribution in [3.05, 3.63) is 5.28 Å². The van der Waals surface area contributed by atoms with Gasteiger partial charge in [-0.15, -0.1) is 0 Å². The summed E-state index contributed by atoms with van der Waals surface area (Å²) in [7, 11) is 1.63. The molecule has 1 aromatic rings. The lowest BCUT2D eigenvalue weighted by Gasteiger charge is -1.99. The predicted octanol–water partition coefficient (Wildman–Crippen LogP) is 0.846. The number of nitrogens with zero attached hydrogens (tertiary/aromatic N) is 3. The van der Waals surface area contributed by atoms with Crippen molar-refractivity contribution < 1.29 is 4.74 Å². The molecule has 1 rings (SSSR count). The first-order valence-electron chi connectivity index (χ1n) is 3.51. The van der Waals surface area contributed by atoms with Crippen molar-refractivity contribution in [3.63, 3.8) is 0 Å². The monoisotopic (exact) mass is 220 g/mol. The van der Waals surface area contributed by atoms with Gasteiger partial charge < -0.3 is 10.5 Å². The molecule has 0 aliphatic rings. The molecule has 0 spiro atoms. The largest absolute Gasteiger partial charge is 0.384 e. The van der Waals surface area contributed by atoms with Crippen LogP contribution in [0.1, 0.15) is 0 Å². The van der Waals surface area contributed by atoms with Gasteiger partial charge in [-0.25, -0.2) is 0 Å². The molecule has 7 heteroatoms. The number of methoxy groups -OCH3 is 1. The first kappa shape index (κ1) is 10.5. The van der Waals surface area contributed by atoms with E-state index in [1.807, 2.05) is 0 Å². The van der Waals surface area contributed by atoms with Gasteiger partial charge in [0.05, 0.1) is 6.61 Å². The molecule has 0 radical (unpaired) electrons. The lowest BCUT2D eigenvalue weighted by Crippen LogP contribution is -2.00. The molecule has 0 aliphatic heterocycles. The maximum atomic E-state index is 5.58. The van der Waals surface area contributed by atoms with Gasteiger partial charge in [0.25, 0.3) is 0 Å². The third-order valence-corrected chi connectivity index (χ3v) is 2.10. The minimum Gasteiger partial charge on any atom is -0.384 e. The van der Waals surface area contributed by atoms with E-state index in [0.717, 1.165) is 5.75 Å². The molecular formula is C6H9ClN4OS. The van der Waals surface area contributed by atoms with Crippen LogP contribution in [0, 0.1) is 0 Å². The molecule has 2 N–H and O–H groups in total. The highest BCUT2D eigenvalue weighted by atomic mass is 35.5. The Balaban J connectivity index is 2.56. The van der Waals surface area contributed by atoms with Crippen LogP contribution >= 0.6 is 23.4 Å². The van der Waals surface area contributed by atoms with Gasteiger partial charge >= 0.3 is 0 Å². The minimum absolute atomic E-state index is 0.118. The molecule has 13 heavy (non-hydrogen) atoms. The van der Waals surface area contributed by atoms with Gasteiger partial charge in [0.2, 0.25) is 11.2 Å². The number of ether oxygens (including phenoxy) is 1. The second kappa shape index (κ2) is 5.21. The molecular weight excluding hydrogens is 212 g/mol. The predicted molar refractivity (Wildman–Crippen MR) is 51.8 cm³/mol. The molecule has 0 amide bonds. The number of hydrogen-bond acceptors (Lipinski definition) is 6. The number of rotatable bonds is 4. The Labute approximate surface area is 85.1 Å². The van der Waals surface area contributed by atoms with Crippen LogP contribution in [0.4, 0.5) is 5.95 Å². The summed E-state index contributed by atoms with van der Waals surface area (Å²) in [5.41, 5.74) is 5.37. The van der Waals surface area contributed by atoms with E-state index in [0.29, 0.717) is 11.8 Å². The topological polar surface area (TPSA) is 73.9 Å². The van der Waals surface area contributed by atoms with Crippen molar-refractivity contribution in [1.29, 1.82) is 0 Å². The summed E-state index contributed by atoms with van der Waals surface area (Å²) in [6, 6.07) is 0. The lowest BCUT2D eigenvalue weighted by molar-refractivity contribution is 0.218. The van der Waals surface area contributed by atoms with Crippen LogP contribution in [0.2, 0.25) is 5.28 Å². The third kappa shape index (κ3) is 3.75. The molecule has 5 nitrogen and oxygen atoms in total. The van der Waals surface area contributed by atoms with Gasteiger partial charge in [-0.1, -0.05) is 11.8 Å². The molecule has 0 saturated heterocycles. The molecule has 0 aromatic carbocycles. The molecule has 0 aliphatic carbocycles. The standard InChI is InChI=1S/C6H9ClN4OS/c1-12-2-3-13-6-10-4(7)9-5(8)11-6/h2-3H2,1H3,(H2,8,9,10,11). The number of hydrogen-bond donors (Lipinski definition) is 1. The van der Waals surface area contributed by atoms with Crippen LogP contribution in [0.25, 0.3) is 0 Å². The SMILES string of the molecule is COCCSc1nc(N)nc(Cl)n1. The quantitative estimate of drug-likeness (QED) is 0.599. The molecule has 0 atom stereocenters. The van der Waals surface area contributed by atoms with Gasteiger partial charge in [0.1, 0.15) is 0 Å². The van der Waals surface area contributed by atoms with E-state index in [-0.39, 0.29) is 11.2 Å². The first-order chi connectivity index (χ1) is 6.22. The van der Waals surface area contributed by atoms with E-state index in [9.17, 15) is 0 Å². The molecule has 0 saturated carbocycles. The van der Waals surface area contributed by atoms with Crippen LogP contribution in [0.5, 0.6) is 0 Å². The number of anilines is 1. The zero-order valence-electron chi connectivity index (χ0n) is 7.03. The van der Waals surface area contributed by atoms with E-state index in [1.165, 1.54) is 11.8 Å². The fourth-order valence-electron chi connectivity index (χ4n) is 0.627. The second-order valence-corrected chi connectivity index (χ2v) is 3.49. The number of halogens is 1. The Morgan fingerprint density at radius 3 is 2.85 bits per heavy atom. The number of aromatic nitrogens is 3. The van der Waals surface area contributed by atoms with E-state index < -0.39 is 0 Å². The van der Waals surface area contributed by atoms with E-state index in [1.54, 1.807) is 7.11 Å². The lowest BCUT2D eigenvalue weighted by atomic mass is 10.9. The number of nitrogen functional groups attached to an aromatic ring is 1. The van der Waals surface area contributed by atoms with E-state index in [2.05, 4.69) is 15.0 Å². The van der Waals surface area contributed by atoms with Gasteiger partial charge in [0.15, 0.2) is 5.16 Å². The fourth-order valence-corrected chi connectivity index (χ4v) is 1.59. The summed E-state index contributed by atoms with van der Waals surface area (Å²) >= 11 is 7.00. The summed E-state index contributed by atoms with van der Waals surface area (Å²) in [5, 5.41) is 0.641. The van der Waals surface area contributed by atoms with Crippen molar-refractivity contribution in [2.45, 2.75) is 5.16 Å². The molecule has 0 unspecified atom stereocenters. The van der Waals surface area contributed by atoms with Crippen LogP contribution in [-0.4, -0.2) is 34.4 Å². The summed E-state index contributed by atoms with van der Waals surface area (Å²) in [6.45, 7) is 0.633. The molecule has 1 heterocycles. The third-order valence-electron chi connectivity index (χ3n) is 1.12. The van der Waals surface area contributed by atoms with Crippen molar-refractivity contribution in [3.8, 4) is 0 Å². The minimum atomic E-state index is 0.118.